The molecule has 0 spiro atoms. The molecule has 1 aromatic rings. The van der Waals surface area contributed by atoms with Gasteiger partial charge in [-0.15, -0.1) is 0 Å². The fourth-order valence-electron chi connectivity index (χ4n) is 2.31. The van der Waals surface area contributed by atoms with Crippen LogP contribution in [-0.4, -0.2) is 54.1 Å². The minimum absolute atomic E-state index is 0.375. The van der Waals surface area contributed by atoms with Gasteiger partial charge in [0.15, 0.2) is 0 Å². The zero-order chi connectivity index (χ0) is 14.0. The molecule has 1 aliphatic heterocycles. The molecular weight excluding hydrogens is 254 g/mol. The number of rotatable bonds is 3. The van der Waals surface area contributed by atoms with E-state index in [4.69, 9.17) is 0 Å². The second-order valence-electron chi connectivity index (χ2n) is 4.72. The van der Waals surface area contributed by atoms with Crippen LogP contribution in [0.3, 0.4) is 0 Å². The van der Waals surface area contributed by atoms with Gasteiger partial charge in [0.25, 0.3) is 0 Å². The third kappa shape index (κ3) is 2.90. The van der Waals surface area contributed by atoms with Crippen LogP contribution in [-0.2, 0) is 4.79 Å². The summed E-state index contributed by atoms with van der Waals surface area (Å²) in [6.45, 7) is 2.31. The van der Waals surface area contributed by atoms with Crippen molar-refractivity contribution in [1.82, 2.24) is 9.80 Å². The van der Waals surface area contributed by atoms with Gasteiger partial charge >= 0.3 is 5.97 Å². The van der Waals surface area contributed by atoms with Crippen LogP contribution in [0.25, 0.3) is 0 Å². The fraction of sp³-hybridized carbons (Fsp3) is 0.462. The molecule has 1 aliphatic rings. The van der Waals surface area contributed by atoms with Gasteiger partial charge in [-0.1, -0.05) is 6.07 Å². The molecule has 0 aromatic heterocycles. The van der Waals surface area contributed by atoms with Crippen LogP contribution in [0.5, 0.6) is 0 Å². The van der Waals surface area contributed by atoms with E-state index in [1.54, 1.807) is 4.90 Å². The van der Waals surface area contributed by atoms with E-state index in [-0.39, 0.29) is 5.56 Å². The largest absolute Gasteiger partial charge is 0.480 e. The number of hydrogen-bond donors (Lipinski definition) is 1. The molecule has 0 saturated carbocycles. The van der Waals surface area contributed by atoms with Gasteiger partial charge in [-0.05, 0) is 19.2 Å². The third-order valence-corrected chi connectivity index (χ3v) is 3.41. The normalized spacial score (nSPS) is 19.3. The van der Waals surface area contributed by atoms with Gasteiger partial charge < -0.3 is 10.0 Å². The Morgan fingerprint density at radius 1 is 1.21 bits per heavy atom. The predicted molar refractivity (Wildman–Crippen MR) is 65.8 cm³/mol. The molecule has 4 nitrogen and oxygen atoms in total. The molecule has 1 aromatic carbocycles. The van der Waals surface area contributed by atoms with Crippen molar-refractivity contribution >= 4 is 5.97 Å². The van der Waals surface area contributed by atoms with Crippen molar-refractivity contribution in [3.8, 4) is 0 Å². The van der Waals surface area contributed by atoms with Crippen LogP contribution < -0.4 is 0 Å². The van der Waals surface area contributed by atoms with Crippen LogP contribution >= 0.6 is 0 Å². The monoisotopic (exact) mass is 270 g/mol. The number of benzene rings is 1. The van der Waals surface area contributed by atoms with E-state index < -0.39 is 23.6 Å². The van der Waals surface area contributed by atoms with Gasteiger partial charge in [0.05, 0.1) is 5.56 Å². The zero-order valence-corrected chi connectivity index (χ0v) is 10.6. The Bertz CT molecular complexity index is 453. The summed E-state index contributed by atoms with van der Waals surface area (Å²) < 4.78 is 27.5. The lowest BCUT2D eigenvalue weighted by atomic mass is 10.0. The molecule has 1 atom stereocenters. The third-order valence-electron chi connectivity index (χ3n) is 3.41. The smallest absolute Gasteiger partial charge is 0.325 e. The summed E-state index contributed by atoms with van der Waals surface area (Å²) in [6, 6.07) is 2.14. The van der Waals surface area contributed by atoms with Crippen molar-refractivity contribution in [2.75, 3.05) is 33.2 Å². The van der Waals surface area contributed by atoms with E-state index in [1.807, 2.05) is 11.9 Å². The van der Waals surface area contributed by atoms with E-state index in [2.05, 4.69) is 0 Å². The van der Waals surface area contributed by atoms with E-state index in [1.165, 1.54) is 6.07 Å². The first-order valence-corrected chi connectivity index (χ1v) is 6.10. The molecule has 2 rings (SSSR count). The number of carboxylic acids is 1. The second-order valence-corrected chi connectivity index (χ2v) is 4.72. The minimum Gasteiger partial charge on any atom is -0.480 e. The molecule has 1 unspecified atom stereocenters. The van der Waals surface area contributed by atoms with Crippen LogP contribution in [0.15, 0.2) is 18.2 Å². The number of likely N-dealkylation sites (N-methyl/N-ethyl adjacent to an activating group) is 1. The van der Waals surface area contributed by atoms with Gasteiger partial charge in [0.1, 0.15) is 17.7 Å². The van der Waals surface area contributed by atoms with E-state index in [9.17, 15) is 18.7 Å². The van der Waals surface area contributed by atoms with Crippen LogP contribution in [0.2, 0.25) is 0 Å². The Kier molecular flexibility index (Phi) is 4.11. The Hall–Kier alpha value is -1.53. The van der Waals surface area contributed by atoms with Crippen LogP contribution in [0.4, 0.5) is 8.78 Å². The first-order chi connectivity index (χ1) is 9.00. The molecule has 0 aliphatic carbocycles. The summed E-state index contributed by atoms with van der Waals surface area (Å²) in [7, 11) is 1.93. The highest BCUT2D eigenvalue weighted by molar-refractivity contribution is 5.75. The first-order valence-electron chi connectivity index (χ1n) is 6.10. The van der Waals surface area contributed by atoms with E-state index in [0.29, 0.717) is 26.2 Å². The van der Waals surface area contributed by atoms with Crippen molar-refractivity contribution in [2.45, 2.75) is 6.04 Å². The highest BCUT2D eigenvalue weighted by Gasteiger charge is 2.33. The summed E-state index contributed by atoms with van der Waals surface area (Å²) >= 11 is 0. The summed E-state index contributed by atoms with van der Waals surface area (Å²) in [5, 5.41) is 9.31. The fourth-order valence-corrected chi connectivity index (χ4v) is 2.31. The van der Waals surface area contributed by atoms with Crippen molar-refractivity contribution in [3.63, 3.8) is 0 Å². The zero-order valence-electron chi connectivity index (χ0n) is 10.6. The molecule has 6 heteroatoms. The molecule has 19 heavy (non-hydrogen) atoms. The standard InChI is InChI=1S/C13H16F2N2O2/c1-16-5-7-17(8-6-16)12(13(18)19)11-9(14)3-2-4-10(11)15/h2-4,12H,5-8H2,1H3,(H,18,19). The summed E-state index contributed by atoms with van der Waals surface area (Å²) in [5.41, 5.74) is -0.375. The molecule has 0 radical (unpaired) electrons. The Labute approximate surface area is 110 Å². The molecule has 1 fully saturated rings. The highest BCUT2D eigenvalue weighted by atomic mass is 19.1. The summed E-state index contributed by atoms with van der Waals surface area (Å²) in [5.74, 6) is -2.86. The molecule has 0 amide bonds. The first kappa shape index (κ1) is 13.9. The van der Waals surface area contributed by atoms with E-state index in [0.717, 1.165) is 12.1 Å². The quantitative estimate of drug-likeness (QED) is 0.900. The van der Waals surface area contributed by atoms with Gasteiger partial charge in [-0.2, -0.15) is 0 Å². The van der Waals surface area contributed by atoms with Crippen molar-refractivity contribution in [1.29, 1.82) is 0 Å². The Morgan fingerprint density at radius 3 is 2.21 bits per heavy atom. The molecule has 0 bridgehead atoms. The number of carboxylic acid groups (broad SMARTS) is 1. The number of aliphatic carboxylic acids is 1. The topological polar surface area (TPSA) is 43.8 Å². The van der Waals surface area contributed by atoms with Crippen LogP contribution in [0, 0.1) is 11.6 Å². The number of carbonyl (C=O) groups is 1. The van der Waals surface area contributed by atoms with Crippen molar-refractivity contribution in [3.05, 3.63) is 35.4 Å². The number of nitrogens with zero attached hydrogens (tertiary/aromatic N) is 2. The van der Waals surface area contributed by atoms with Crippen molar-refractivity contribution < 1.29 is 18.7 Å². The maximum absolute atomic E-state index is 13.8. The number of hydrogen-bond acceptors (Lipinski definition) is 3. The lowest BCUT2D eigenvalue weighted by Crippen LogP contribution is -2.48. The Morgan fingerprint density at radius 2 is 1.74 bits per heavy atom. The molecule has 1 saturated heterocycles. The summed E-state index contributed by atoms with van der Waals surface area (Å²) in [4.78, 5) is 15.0. The minimum atomic E-state index is -1.27. The van der Waals surface area contributed by atoms with Crippen LogP contribution in [0.1, 0.15) is 11.6 Å². The number of halogens is 2. The summed E-state index contributed by atoms with van der Waals surface area (Å²) in [6.07, 6.45) is 0. The van der Waals surface area contributed by atoms with Gasteiger partial charge in [0.2, 0.25) is 0 Å². The second kappa shape index (κ2) is 5.63. The lowest BCUT2D eigenvalue weighted by molar-refractivity contribution is -0.144. The molecular formula is C13H16F2N2O2. The maximum Gasteiger partial charge on any atom is 0.325 e. The highest BCUT2D eigenvalue weighted by Crippen LogP contribution is 2.27. The van der Waals surface area contributed by atoms with Crippen molar-refractivity contribution in [2.24, 2.45) is 0 Å². The molecule has 104 valence electrons. The van der Waals surface area contributed by atoms with Gasteiger partial charge in [-0.3, -0.25) is 9.69 Å². The average molecular weight is 270 g/mol. The lowest BCUT2D eigenvalue weighted by Gasteiger charge is -2.36. The van der Waals surface area contributed by atoms with Gasteiger partial charge in [0, 0.05) is 26.2 Å². The van der Waals surface area contributed by atoms with Gasteiger partial charge in [-0.25, -0.2) is 8.78 Å². The predicted octanol–water partition coefficient (Wildman–Crippen LogP) is 1.34. The number of piperazine rings is 1. The maximum atomic E-state index is 13.8. The molecule has 1 heterocycles. The van der Waals surface area contributed by atoms with E-state index >= 15 is 0 Å². The Balaban J connectivity index is 2.33. The SMILES string of the molecule is CN1CCN(C(C(=O)O)c2c(F)cccc2F)CC1. The molecule has 1 N–H and O–H groups in total. The average Bonchev–Trinajstić information content (AvgIpc) is 2.35.